The van der Waals surface area contributed by atoms with Crippen LogP contribution in [0.5, 0.6) is 0 Å². The molecule has 0 saturated heterocycles. The number of ether oxygens (including phenoxy) is 1. The molecule has 126 valence electrons. The molecule has 0 aromatic heterocycles. The highest BCUT2D eigenvalue weighted by Crippen LogP contribution is 2.44. The summed E-state index contributed by atoms with van der Waals surface area (Å²) in [6.07, 6.45) is 0. The number of rotatable bonds is 1. The number of carbonyl (C=O) groups is 3. The average Bonchev–Trinajstić information content (AvgIpc) is 3.06. The van der Waals surface area contributed by atoms with Crippen LogP contribution in [-0.4, -0.2) is 24.1 Å². The molecule has 5 nitrogen and oxygen atoms in total. The van der Waals surface area contributed by atoms with Gasteiger partial charge in [0.25, 0.3) is 0 Å². The first-order valence-corrected chi connectivity index (χ1v) is 8.31. The number of carbonyl (C=O) groups excluding carboxylic acids is 3. The van der Waals surface area contributed by atoms with Gasteiger partial charge in [0.2, 0.25) is 5.78 Å². The van der Waals surface area contributed by atoms with E-state index in [0.717, 1.165) is 5.56 Å². The number of benzene rings is 2. The van der Waals surface area contributed by atoms with Crippen molar-refractivity contribution >= 4 is 17.5 Å². The van der Waals surface area contributed by atoms with Gasteiger partial charge in [-0.1, -0.05) is 54.6 Å². The highest BCUT2D eigenvalue weighted by atomic mass is 16.5. The Kier molecular flexibility index (Phi) is 3.00. The molecule has 2 aromatic carbocycles. The van der Waals surface area contributed by atoms with Crippen molar-refractivity contribution in [3.05, 3.63) is 93.8 Å². The van der Waals surface area contributed by atoms with Crippen LogP contribution in [0.25, 0.3) is 0 Å². The molecule has 0 fully saturated rings. The van der Waals surface area contributed by atoms with E-state index >= 15 is 0 Å². The molecule has 0 bridgehead atoms. The maximum Gasteiger partial charge on any atom is 0.337 e. The summed E-state index contributed by atoms with van der Waals surface area (Å²) in [7, 11) is 0. The molecular formula is C21H13NO4. The highest BCUT2D eigenvalue weighted by Gasteiger charge is 2.46. The Morgan fingerprint density at radius 3 is 2.19 bits per heavy atom. The Balaban J connectivity index is 1.77. The van der Waals surface area contributed by atoms with Gasteiger partial charge in [-0.25, -0.2) is 4.79 Å². The van der Waals surface area contributed by atoms with Gasteiger partial charge >= 0.3 is 5.97 Å². The second kappa shape index (κ2) is 5.26. The monoisotopic (exact) mass is 343 g/mol. The summed E-state index contributed by atoms with van der Waals surface area (Å²) in [5.74, 6) is -1.53. The van der Waals surface area contributed by atoms with Crippen LogP contribution in [-0.2, 0) is 9.53 Å². The molecule has 2 aliphatic heterocycles. The summed E-state index contributed by atoms with van der Waals surface area (Å²) < 4.78 is 5.18. The van der Waals surface area contributed by atoms with Gasteiger partial charge in [-0.2, -0.15) is 0 Å². The van der Waals surface area contributed by atoms with Gasteiger partial charge in [0.1, 0.15) is 6.61 Å². The van der Waals surface area contributed by atoms with Crippen LogP contribution in [0.4, 0.5) is 0 Å². The van der Waals surface area contributed by atoms with Crippen molar-refractivity contribution in [3.8, 4) is 0 Å². The number of cyclic esters (lactones) is 1. The zero-order chi connectivity index (χ0) is 17.8. The maximum atomic E-state index is 13.3. The third-order valence-corrected chi connectivity index (χ3v) is 5.04. The van der Waals surface area contributed by atoms with Gasteiger partial charge in [0.05, 0.1) is 17.0 Å². The number of Topliss-reactive ketones (excluding diaryl/α,β-unsaturated/α-hetero) is 2. The summed E-state index contributed by atoms with van der Waals surface area (Å²) in [6.45, 7) is 0.0808. The number of hydrogen-bond acceptors (Lipinski definition) is 5. The van der Waals surface area contributed by atoms with Crippen LogP contribution in [0.15, 0.2) is 77.1 Å². The summed E-state index contributed by atoms with van der Waals surface area (Å²) in [6, 6.07) is 16.0. The van der Waals surface area contributed by atoms with E-state index in [1.54, 1.807) is 24.3 Å². The van der Waals surface area contributed by atoms with E-state index in [1.807, 2.05) is 30.3 Å². The topological polar surface area (TPSA) is 72.5 Å². The van der Waals surface area contributed by atoms with Crippen molar-refractivity contribution in [2.45, 2.75) is 5.92 Å². The van der Waals surface area contributed by atoms with E-state index in [4.69, 9.17) is 4.74 Å². The molecule has 3 aliphatic rings. The summed E-state index contributed by atoms with van der Waals surface area (Å²) >= 11 is 0. The van der Waals surface area contributed by atoms with Crippen LogP contribution < -0.4 is 5.32 Å². The summed E-state index contributed by atoms with van der Waals surface area (Å²) in [4.78, 5) is 38.6. The van der Waals surface area contributed by atoms with Crippen LogP contribution in [0.3, 0.4) is 0 Å². The average molecular weight is 343 g/mol. The normalized spacial score (nSPS) is 21.1. The lowest BCUT2D eigenvalue weighted by molar-refractivity contribution is -0.136. The first-order valence-electron chi connectivity index (χ1n) is 8.31. The zero-order valence-corrected chi connectivity index (χ0v) is 13.6. The van der Waals surface area contributed by atoms with Crippen molar-refractivity contribution < 1.29 is 19.1 Å². The second-order valence-electron chi connectivity index (χ2n) is 6.43. The number of dihydropyridines is 1. The van der Waals surface area contributed by atoms with E-state index in [9.17, 15) is 14.4 Å². The largest absolute Gasteiger partial charge is 0.456 e. The number of allylic oxidation sites excluding steroid dienone is 2. The molecule has 0 radical (unpaired) electrons. The molecule has 0 saturated carbocycles. The quantitative estimate of drug-likeness (QED) is 0.806. The minimum absolute atomic E-state index is 0.0808. The fraction of sp³-hybridized carbons (Fsp3) is 0.0952. The highest BCUT2D eigenvalue weighted by molar-refractivity contribution is 6.28. The van der Waals surface area contributed by atoms with E-state index in [2.05, 4.69) is 5.32 Å². The van der Waals surface area contributed by atoms with Crippen LogP contribution in [0.2, 0.25) is 0 Å². The van der Waals surface area contributed by atoms with Gasteiger partial charge in [0.15, 0.2) is 5.78 Å². The van der Waals surface area contributed by atoms with Crippen LogP contribution >= 0.6 is 0 Å². The Labute approximate surface area is 149 Å². The lowest BCUT2D eigenvalue weighted by Gasteiger charge is -2.31. The Hall–Kier alpha value is -3.47. The van der Waals surface area contributed by atoms with Crippen molar-refractivity contribution in [3.63, 3.8) is 0 Å². The van der Waals surface area contributed by atoms with Gasteiger partial charge in [0, 0.05) is 22.6 Å². The third-order valence-electron chi connectivity index (χ3n) is 5.04. The Bertz CT molecular complexity index is 1060. The molecule has 1 atom stereocenters. The van der Waals surface area contributed by atoms with E-state index < -0.39 is 11.9 Å². The molecule has 5 heteroatoms. The minimum Gasteiger partial charge on any atom is -0.456 e. The lowest BCUT2D eigenvalue weighted by atomic mass is 9.73. The Morgan fingerprint density at radius 1 is 0.808 bits per heavy atom. The summed E-state index contributed by atoms with van der Waals surface area (Å²) in [5, 5.41) is 3.01. The fourth-order valence-electron chi connectivity index (χ4n) is 3.88. The summed E-state index contributed by atoms with van der Waals surface area (Å²) in [5.41, 5.74) is 3.07. The van der Waals surface area contributed by atoms with Crippen LogP contribution in [0, 0.1) is 0 Å². The van der Waals surface area contributed by atoms with E-state index in [1.165, 1.54) is 0 Å². The molecule has 1 unspecified atom stereocenters. The van der Waals surface area contributed by atoms with Crippen molar-refractivity contribution in [2.75, 3.05) is 6.61 Å². The molecule has 26 heavy (non-hydrogen) atoms. The first kappa shape index (κ1) is 14.8. The maximum absolute atomic E-state index is 13.3. The molecule has 1 N–H and O–H groups in total. The van der Waals surface area contributed by atoms with E-state index in [0.29, 0.717) is 28.0 Å². The number of fused-ring (bicyclic) bond motifs is 1. The number of nitrogens with one attached hydrogen (secondary N) is 1. The van der Waals surface area contributed by atoms with E-state index in [-0.39, 0.29) is 23.9 Å². The van der Waals surface area contributed by atoms with Crippen LogP contribution in [0.1, 0.15) is 32.2 Å². The molecule has 2 aromatic rings. The molecule has 2 heterocycles. The Morgan fingerprint density at radius 2 is 1.46 bits per heavy atom. The van der Waals surface area contributed by atoms with Gasteiger partial charge < -0.3 is 10.1 Å². The first-order chi connectivity index (χ1) is 12.7. The molecule has 0 amide bonds. The smallest absolute Gasteiger partial charge is 0.337 e. The molecule has 5 rings (SSSR count). The van der Waals surface area contributed by atoms with Gasteiger partial charge in [-0.3, -0.25) is 9.59 Å². The van der Waals surface area contributed by atoms with Crippen molar-refractivity contribution in [1.82, 2.24) is 5.32 Å². The minimum atomic E-state index is -0.609. The zero-order valence-electron chi connectivity index (χ0n) is 13.6. The van der Waals surface area contributed by atoms with Crippen molar-refractivity contribution in [2.24, 2.45) is 0 Å². The number of ketones is 2. The standard InChI is InChI=1S/C21H13NO4/c23-19-12-8-4-5-9-13(12)20(24)18-17(19)15(11-6-2-1-3-7-11)16-14(22-18)10-26-21(16)25/h1-9,15,22H,10H2. The lowest BCUT2D eigenvalue weighted by Crippen LogP contribution is -2.37. The van der Waals surface area contributed by atoms with Gasteiger partial charge in [-0.15, -0.1) is 0 Å². The molecule has 0 spiro atoms. The fourth-order valence-corrected chi connectivity index (χ4v) is 3.88. The second-order valence-corrected chi connectivity index (χ2v) is 6.43. The predicted molar refractivity (Wildman–Crippen MR) is 92.4 cm³/mol. The van der Waals surface area contributed by atoms with Gasteiger partial charge in [-0.05, 0) is 5.56 Å². The predicted octanol–water partition coefficient (Wildman–Crippen LogP) is 2.52. The van der Waals surface area contributed by atoms with Crippen molar-refractivity contribution in [1.29, 1.82) is 0 Å². The SMILES string of the molecule is O=C1OCC2=C1C(c1ccccc1)C1=C(N2)C(=O)c2ccccc2C1=O. The number of hydrogen-bond donors (Lipinski definition) is 1. The third kappa shape index (κ3) is 1.88. The number of esters is 1. The molecule has 1 aliphatic carbocycles. The molecular weight excluding hydrogens is 330 g/mol.